The van der Waals surface area contributed by atoms with Crippen LogP contribution in [0, 0.1) is 0 Å². The van der Waals surface area contributed by atoms with Crippen LogP contribution in [0.25, 0.3) is 0 Å². The Balaban J connectivity index is 1.74. The highest BCUT2D eigenvalue weighted by molar-refractivity contribution is 7.92. The summed E-state index contributed by atoms with van der Waals surface area (Å²) in [5, 5.41) is 0. The van der Waals surface area contributed by atoms with Gasteiger partial charge in [0.1, 0.15) is 0 Å². The van der Waals surface area contributed by atoms with Crippen molar-refractivity contribution in [3.8, 4) is 0 Å². The molecular weight excluding hydrogens is 352 g/mol. The van der Waals surface area contributed by atoms with Gasteiger partial charge in [0.25, 0.3) is 0 Å². The first-order valence-corrected chi connectivity index (χ1v) is 10.8. The summed E-state index contributed by atoms with van der Waals surface area (Å²) in [5.41, 5.74) is 2.10. The van der Waals surface area contributed by atoms with Gasteiger partial charge in [-0.1, -0.05) is 6.92 Å². The second-order valence-corrected chi connectivity index (χ2v) is 9.87. The molecule has 144 valence electrons. The molecule has 2 aliphatic heterocycles. The van der Waals surface area contributed by atoms with Crippen molar-refractivity contribution in [2.24, 2.45) is 0 Å². The van der Waals surface area contributed by atoms with E-state index in [0.29, 0.717) is 12.1 Å². The number of ether oxygens (including phenoxy) is 1. The van der Waals surface area contributed by atoms with E-state index in [9.17, 15) is 13.2 Å². The van der Waals surface area contributed by atoms with E-state index in [-0.39, 0.29) is 29.3 Å². The molecule has 1 fully saturated rings. The number of benzene rings is 1. The average Bonchev–Trinajstić information content (AvgIpc) is 2.51. The van der Waals surface area contributed by atoms with Crippen LogP contribution >= 0.6 is 0 Å². The van der Waals surface area contributed by atoms with Crippen LogP contribution < -0.4 is 9.62 Å². The lowest BCUT2D eigenvalue weighted by Crippen LogP contribution is -2.39. The minimum Gasteiger partial charge on any atom is -0.371 e. The monoisotopic (exact) mass is 380 g/mol. The number of nitrogens with zero attached hydrogens (tertiary/aromatic N) is 1. The molecule has 1 amide bonds. The van der Waals surface area contributed by atoms with Gasteiger partial charge in [-0.3, -0.25) is 9.52 Å². The fourth-order valence-electron chi connectivity index (χ4n) is 3.87. The molecule has 2 aliphatic rings. The Morgan fingerprint density at radius 1 is 1.35 bits per heavy atom. The van der Waals surface area contributed by atoms with Crippen LogP contribution in [0.4, 0.5) is 11.4 Å². The summed E-state index contributed by atoms with van der Waals surface area (Å²) in [6.07, 6.45) is 2.84. The minimum atomic E-state index is -3.51. The van der Waals surface area contributed by atoms with E-state index >= 15 is 0 Å². The Morgan fingerprint density at radius 2 is 2.08 bits per heavy atom. The lowest BCUT2D eigenvalue weighted by molar-refractivity contribution is -0.119. The molecule has 1 N–H and O–H groups in total. The number of hydrogen-bond acceptors (Lipinski definition) is 4. The number of carbonyl (C=O) groups excluding carboxylic acids is 1. The van der Waals surface area contributed by atoms with Crippen molar-refractivity contribution in [2.75, 3.05) is 22.4 Å². The molecule has 0 aliphatic carbocycles. The molecule has 7 heteroatoms. The van der Waals surface area contributed by atoms with Crippen molar-refractivity contribution in [2.45, 2.75) is 64.1 Å². The third-order valence-electron chi connectivity index (χ3n) is 5.24. The van der Waals surface area contributed by atoms with E-state index in [1.54, 1.807) is 24.1 Å². The van der Waals surface area contributed by atoms with Crippen LogP contribution in [0.5, 0.6) is 0 Å². The molecule has 6 nitrogen and oxygen atoms in total. The topological polar surface area (TPSA) is 75.7 Å². The summed E-state index contributed by atoms with van der Waals surface area (Å²) in [7, 11) is -1.76. The normalized spacial score (nSPS) is 25.7. The molecule has 0 bridgehead atoms. The largest absolute Gasteiger partial charge is 0.371 e. The maximum atomic E-state index is 12.6. The number of anilines is 2. The third kappa shape index (κ3) is 4.20. The average molecular weight is 381 g/mol. The quantitative estimate of drug-likeness (QED) is 0.870. The van der Waals surface area contributed by atoms with Crippen LogP contribution in [0.2, 0.25) is 0 Å². The standard InChI is InChI=1S/C19H28N2O4S/c1-13-10-18(22)21(4)17-8-7-14(11-16(13)17)20-26(23,24)12-15-6-5-9-19(2,3)25-15/h7-8,11,13,15,20H,5-6,9-10,12H2,1-4H3. The number of amides is 1. The van der Waals surface area contributed by atoms with Crippen LogP contribution in [-0.4, -0.2) is 38.8 Å². The van der Waals surface area contributed by atoms with Gasteiger partial charge in [0.2, 0.25) is 15.9 Å². The fourth-order valence-corrected chi connectivity index (χ4v) is 5.16. The summed E-state index contributed by atoms with van der Waals surface area (Å²) in [4.78, 5) is 13.6. The Kier molecular flexibility index (Phi) is 5.05. The molecule has 2 unspecified atom stereocenters. The van der Waals surface area contributed by atoms with Crippen LogP contribution in [0.1, 0.15) is 57.9 Å². The van der Waals surface area contributed by atoms with Gasteiger partial charge in [-0.15, -0.1) is 0 Å². The van der Waals surface area contributed by atoms with E-state index in [1.165, 1.54) is 0 Å². The number of rotatable bonds is 4. The smallest absolute Gasteiger partial charge is 0.235 e. The maximum Gasteiger partial charge on any atom is 0.235 e. The van der Waals surface area contributed by atoms with E-state index in [1.807, 2.05) is 26.8 Å². The Hall–Kier alpha value is -1.60. The van der Waals surface area contributed by atoms with Crippen molar-refractivity contribution in [3.63, 3.8) is 0 Å². The molecule has 2 heterocycles. The Bertz CT molecular complexity index is 804. The second-order valence-electron chi connectivity index (χ2n) is 8.11. The first-order valence-electron chi connectivity index (χ1n) is 9.15. The summed E-state index contributed by atoms with van der Waals surface area (Å²) in [6, 6.07) is 5.36. The number of hydrogen-bond donors (Lipinski definition) is 1. The first kappa shape index (κ1) is 19.2. The lowest BCUT2D eigenvalue weighted by atomic mass is 9.91. The molecule has 3 rings (SSSR count). The highest BCUT2D eigenvalue weighted by Crippen LogP contribution is 2.37. The fraction of sp³-hybridized carbons (Fsp3) is 0.632. The molecule has 0 spiro atoms. The molecule has 0 radical (unpaired) electrons. The summed E-state index contributed by atoms with van der Waals surface area (Å²) in [5.74, 6) is 0.109. The molecule has 0 aromatic heterocycles. The van der Waals surface area contributed by atoms with Crippen LogP contribution in [0.3, 0.4) is 0 Å². The van der Waals surface area contributed by atoms with Crippen molar-refractivity contribution in [1.82, 2.24) is 0 Å². The van der Waals surface area contributed by atoms with Gasteiger partial charge in [0.15, 0.2) is 0 Å². The van der Waals surface area contributed by atoms with Gasteiger partial charge >= 0.3 is 0 Å². The highest BCUT2D eigenvalue weighted by atomic mass is 32.2. The number of carbonyl (C=O) groups is 1. The number of sulfonamides is 1. The first-order chi connectivity index (χ1) is 12.1. The van der Waals surface area contributed by atoms with Crippen molar-refractivity contribution >= 4 is 27.3 Å². The van der Waals surface area contributed by atoms with Gasteiger partial charge in [-0.2, -0.15) is 0 Å². The van der Waals surface area contributed by atoms with Gasteiger partial charge in [-0.25, -0.2) is 8.42 Å². The molecule has 1 aromatic rings. The van der Waals surface area contributed by atoms with E-state index in [2.05, 4.69) is 4.72 Å². The third-order valence-corrected chi connectivity index (χ3v) is 6.60. The van der Waals surface area contributed by atoms with E-state index < -0.39 is 10.0 Å². The molecule has 2 atom stereocenters. The Morgan fingerprint density at radius 3 is 2.77 bits per heavy atom. The van der Waals surface area contributed by atoms with Gasteiger partial charge < -0.3 is 9.64 Å². The maximum absolute atomic E-state index is 12.6. The summed E-state index contributed by atoms with van der Waals surface area (Å²) < 4.78 is 33.8. The zero-order valence-electron chi connectivity index (χ0n) is 15.9. The summed E-state index contributed by atoms with van der Waals surface area (Å²) >= 11 is 0. The van der Waals surface area contributed by atoms with Crippen LogP contribution in [0.15, 0.2) is 18.2 Å². The Labute approximate surface area is 156 Å². The molecule has 0 saturated carbocycles. The second kappa shape index (κ2) is 6.85. The van der Waals surface area contributed by atoms with Gasteiger partial charge in [-0.05, 0) is 62.8 Å². The predicted octanol–water partition coefficient (Wildman–Crippen LogP) is 3.25. The molecule has 26 heavy (non-hydrogen) atoms. The molecule has 1 saturated heterocycles. The zero-order valence-corrected chi connectivity index (χ0v) is 16.7. The molecular formula is C19H28N2O4S. The zero-order chi connectivity index (χ0) is 19.1. The van der Waals surface area contributed by atoms with Gasteiger partial charge in [0, 0.05) is 24.8 Å². The highest BCUT2D eigenvalue weighted by Gasteiger charge is 2.32. The van der Waals surface area contributed by atoms with Crippen molar-refractivity contribution in [1.29, 1.82) is 0 Å². The SMILES string of the molecule is CC1CC(=O)N(C)c2ccc(NS(=O)(=O)CC3CCCC(C)(C)O3)cc21. The minimum absolute atomic E-state index is 0.0402. The predicted molar refractivity (Wildman–Crippen MR) is 103 cm³/mol. The lowest BCUT2D eigenvalue weighted by Gasteiger charge is -2.35. The van der Waals surface area contributed by atoms with Crippen molar-refractivity contribution < 1.29 is 17.9 Å². The van der Waals surface area contributed by atoms with Gasteiger partial charge in [0.05, 0.1) is 17.5 Å². The van der Waals surface area contributed by atoms with E-state index in [0.717, 1.165) is 30.5 Å². The van der Waals surface area contributed by atoms with E-state index in [4.69, 9.17) is 4.74 Å². The van der Waals surface area contributed by atoms with Crippen LogP contribution in [-0.2, 0) is 19.6 Å². The molecule has 1 aromatic carbocycles. The number of fused-ring (bicyclic) bond motifs is 1. The number of nitrogens with one attached hydrogen (secondary N) is 1. The van der Waals surface area contributed by atoms with Crippen molar-refractivity contribution in [3.05, 3.63) is 23.8 Å². The summed E-state index contributed by atoms with van der Waals surface area (Å²) in [6.45, 7) is 5.99.